The lowest BCUT2D eigenvalue weighted by Gasteiger charge is -2.30. The lowest BCUT2D eigenvalue weighted by molar-refractivity contribution is -0.153. The molecule has 1 aliphatic heterocycles. The van der Waals surface area contributed by atoms with Crippen LogP contribution < -0.4 is 0 Å². The number of benzene rings is 1. The van der Waals surface area contributed by atoms with E-state index in [9.17, 15) is 14.4 Å². The van der Waals surface area contributed by atoms with Crippen molar-refractivity contribution in [3.8, 4) is 5.69 Å². The quantitative estimate of drug-likeness (QED) is 0.441. The Morgan fingerprint density at radius 2 is 1.61 bits per heavy atom. The van der Waals surface area contributed by atoms with Gasteiger partial charge in [-0.2, -0.15) is 0 Å². The summed E-state index contributed by atoms with van der Waals surface area (Å²) in [5, 5.41) is 0. The molecule has 2 heterocycles. The molecule has 196 valence electrons. The molecule has 0 N–H and O–H groups in total. The molecule has 0 spiro atoms. The standard InChI is InChI=1S/C26H35N3O7/c1-17(30)33-22-20(14-18-8-10-19(11-9-18)28-13-12-27-16-28)29(23(31)35-25(2,3)4)15-21(22)34-24(32)36-26(5,6)7/h8-13,16,20-22H,14-15H2,1-7H3/t20-,21+,22+/m1/s1. The third-order valence-electron chi connectivity index (χ3n) is 5.27. The minimum Gasteiger partial charge on any atom is -0.456 e. The predicted molar refractivity (Wildman–Crippen MR) is 131 cm³/mol. The first-order valence-electron chi connectivity index (χ1n) is 11.9. The van der Waals surface area contributed by atoms with Crippen LogP contribution in [-0.2, 0) is 30.2 Å². The zero-order chi connectivity index (χ0) is 26.7. The van der Waals surface area contributed by atoms with Gasteiger partial charge in [0.15, 0.2) is 12.2 Å². The monoisotopic (exact) mass is 501 g/mol. The summed E-state index contributed by atoms with van der Waals surface area (Å²) in [4.78, 5) is 43.1. The molecule has 1 aliphatic rings. The molecular weight excluding hydrogens is 466 g/mol. The van der Waals surface area contributed by atoms with Gasteiger partial charge in [-0.3, -0.25) is 9.69 Å². The van der Waals surface area contributed by atoms with E-state index >= 15 is 0 Å². The van der Waals surface area contributed by atoms with Gasteiger partial charge in [-0.05, 0) is 65.7 Å². The fourth-order valence-electron chi connectivity index (χ4n) is 3.92. The summed E-state index contributed by atoms with van der Waals surface area (Å²) < 4.78 is 23.9. The number of amides is 1. The summed E-state index contributed by atoms with van der Waals surface area (Å²) >= 11 is 0. The van der Waals surface area contributed by atoms with Crippen molar-refractivity contribution in [2.24, 2.45) is 0 Å². The van der Waals surface area contributed by atoms with E-state index in [1.165, 1.54) is 11.8 Å². The summed E-state index contributed by atoms with van der Waals surface area (Å²) in [7, 11) is 0. The molecule has 2 aromatic rings. The number of carbonyl (C=O) groups is 3. The number of aromatic nitrogens is 2. The molecule has 3 rings (SSSR count). The van der Waals surface area contributed by atoms with E-state index in [1.807, 2.05) is 35.0 Å². The van der Waals surface area contributed by atoms with Crippen LogP contribution in [0.5, 0.6) is 0 Å². The van der Waals surface area contributed by atoms with Gasteiger partial charge in [0.1, 0.15) is 11.2 Å². The first-order chi connectivity index (χ1) is 16.7. The molecule has 0 radical (unpaired) electrons. The molecule has 1 aromatic heterocycles. The SMILES string of the molecule is CC(=O)O[C@@H]1[C@@H](OC(=O)OC(C)(C)C)CN(C(=O)OC(C)(C)C)[C@@H]1Cc1ccc(-n2ccnc2)cc1. The van der Waals surface area contributed by atoms with Crippen LogP contribution in [0.2, 0.25) is 0 Å². The van der Waals surface area contributed by atoms with Crippen molar-refractivity contribution in [2.75, 3.05) is 6.54 Å². The third-order valence-corrected chi connectivity index (χ3v) is 5.27. The molecular formula is C26H35N3O7. The number of carbonyl (C=O) groups excluding carboxylic acids is 3. The van der Waals surface area contributed by atoms with E-state index in [2.05, 4.69) is 4.98 Å². The van der Waals surface area contributed by atoms with Crippen molar-refractivity contribution in [2.45, 2.75) is 84.3 Å². The van der Waals surface area contributed by atoms with Gasteiger partial charge >= 0.3 is 18.2 Å². The number of esters is 1. The Balaban J connectivity index is 1.89. The zero-order valence-corrected chi connectivity index (χ0v) is 21.9. The average molecular weight is 502 g/mol. The molecule has 1 saturated heterocycles. The second kappa shape index (κ2) is 10.6. The van der Waals surface area contributed by atoms with Crippen molar-refractivity contribution in [3.63, 3.8) is 0 Å². The summed E-state index contributed by atoms with van der Waals surface area (Å²) in [5.41, 5.74) is 0.310. The number of nitrogens with zero attached hydrogens (tertiary/aromatic N) is 3. The van der Waals surface area contributed by atoms with E-state index in [0.29, 0.717) is 6.42 Å². The molecule has 0 saturated carbocycles. The highest BCUT2D eigenvalue weighted by Crippen LogP contribution is 2.30. The highest BCUT2D eigenvalue weighted by Gasteiger charge is 2.49. The second-order valence-electron chi connectivity index (χ2n) is 10.7. The number of hydrogen-bond donors (Lipinski definition) is 0. The van der Waals surface area contributed by atoms with Gasteiger partial charge in [0.25, 0.3) is 0 Å². The van der Waals surface area contributed by atoms with Crippen molar-refractivity contribution in [1.29, 1.82) is 0 Å². The molecule has 1 fully saturated rings. The van der Waals surface area contributed by atoms with Gasteiger partial charge in [-0.15, -0.1) is 0 Å². The van der Waals surface area contributed by atoms with Gasteiger partial charge in [-0.1, -0.05) is 12.1 Å². The zero-order valence-electron chi connectivity index (χ0n) is 21.9. The van der Waals surface area contributed by atoms with Gasteiger partial charge in [0.2, 0.25) is 0 Å². The Hall–Kier alpha value is -3.56. The maximum absolute atomic E-state index is 13.1. The molecule has 1 amide bonds. The highest BCUT2D eigenvalue weighted by atomic mass is 16.7. The maximum atomic E-state index is 13.1. The van der Waals surface area contributed by atoms with Crippen molar-refractivity contribution < 1.29 is 33.3 Å². The normalized spacial score (nSPS) is 20.1. The molecule has 10 nitrogen and oxygen atoms in total. The Kier molecular flexibility index (Phi) is 7.96. The van der Waals surface area contributed by atoms with Crippen LogP contribution in [-0.4, -0.2) is 68.7 Å². The van der Waals surface area contributed by atoms with E-state index in [0.717, 1.165) is 11.3 Å². The first-order valence-corrected chi connectivity index (χ1v) is 11.9. The molecule has 3 atom stereocenters. The van der Waals surface area contributed by atoms with E-state index < -0.39 is 47.7 Å². The Morgan fingerprint density at radius 1 is 0.972 bits per heavy atom. The topological polar surface area (TPSA) is 109 Å². The van der Waals surface area contributed by atoms with Crippen LogP contribution in [0.4, 0.5) is 9.59 Å². The number of rotatable bonds is 5. The number of ether oxygens (including phenoxy) is 4. The van der Waals surface area contributed by atoms with Crippen LogP contribution in [0.15, 0.2) is 43.0 Å². The van der Waals surface area contributed by atoms with Crippen molar-refractivity contribution in [3.05, 3.63) is 48.5 Å². The number of likely N-dealkylation sites (tertiary alicyclic amines) is 1. The molecule has 1 aromatic carbocycles. The molecule has 0 bridgehead atoms. The van der Waals surface area contributed by atoms with E-state index in [1.54, 1.807) is 54.1 Å². The fraction of sp³-hybridized carbons (Fsp3) is 0.538. The summed E-state index contributed by atoms with van der Waals surface area (Å²) in [6.07, 6.45) is 2.25. The summed E-state index contributed by atoms with van der Waals surface area (Å²) in [6.45, 7) is 11.7. The summed E-state index contributed by atoms with van der Waals surface area (Å²) in [6, 6.07) is 7.08. The minimum atomic E-state index is -0.925. The molecule has 0 unspecified atom stereocenters. The van der Waals surface area contributed by atoms with Crippen LogP contribution in [0.3, 0.4) is 0 Å². The Labute approximate surface area is 211 Å². The lowest BCUT2D eigenvalue weighted by Crippen LogP contribution is -2.45. The Bertz CT molecular complexity index is 1050. The predicted octanol–water partition coefficient (Wildman–Crippen LogP) is 4.29. The van der Waals surface area contributed by atoms with Crippen LogP contribution >= 0.6 is 0 Å². The van der Waals surface area contributed by atoms with E-state index in [-0.39, 0.29) is 6.54 Å². The molecule has 10 heteroatoms. The highest BCUT2D eigenvalue weighted by molar-refractivity contribution is 5.71. The van der Waals surface area contributed by atoms with Gasteiger partial charge in [0, 0.05) is 25.0 Å². The number of hydrogen-bond acceptors (Lipinski definition) is 8. The van der Waals surface area contributed by atoms with Crippen molar-refractivity contribution in [1.82, 2.24) is 14.5 Å². The number of imidazole rings is 1. The van der Waals surface area contributed by atoms with Gasteiger partial charge < -0.3 is 23.5 Å². The summed E-state index contributed by atoms with van der Waals surface area (Å²) in [5.74, 6) is -0.552. The van der Waals surface area contributed by atoms with Gasteiger partial charge in [0.05, 0.1) is 18.9 Å². The minimum absolute atomic E-state index is 0.0100. The smallest absolute Gasteiger partial charge is 0.456 e. The molecule has 0 aliphatic carbocycles. The van der Waals surface area contributed by atoms with E-state index in [4.69, 9.17) is 18.9 Å². The first kappa shape index (κ1) is 27.0. The lowest BCUT2D eigenvalue weighted by atomic mass is 10.0. The molecule has 36 heavy (non-hydrogen) atoms. The third kappa shape index (κ3) is 7.47. The van der Waals surface area contributed by atoms with Crippen molar-refractivity contribution >= 4 is 18.2 Å². The van der Waals surface area contributed by atoms with Crippen LogP contribution in [0.1, 0.15) is 54.0 Å². The Morgan fingerprint density at radius 3 is 2.14 bits per heavy atom. The average Bonchev–Trinajstić information content (AvgIpc) is 3.36. The largest absolute Gasteiger partial charge is 0.509 e. The van der Waals surface area contributed by atoms with Gasteiger partial charge in [-0.25, -0.2) is 14.6 Å². The maximum Gasteiger partial charge on any atom is 0.509 e. The van der Waals surface area contributed by atoms with Crippen LogP contribution in [0.25, 0.3) is 5.69 Å². The second-order valence-corrected chi connectivity index (χ2v) is 10.7. The fourth-order valence-corrected chi connectivity index (χ4v) is 3.92. The van der Waals surface area contributed by atoms with Crippen LogP contribution in [0, 0.1) is 0 Å².